The molecule has 3 heteroatoms. The van der Waals surface area contributed by atoms with E-state index in [0.29, 0.717) is 0 Å². The Morgan fingerprint density at radius 2 is 2.12 bits per heavy atom. The van der Waals surface area contributed by atoms with Crippen molar-refractivity contribution in [3.05, 3.63) is 0 Å². The van der Waals surface area contributed by atoms with E-state index in [1.165, 1.54) is 19.3 Å². The summed E-state index contributed by atoms with van der Waals surface area (Å²) in [6.07, 6.45) is 3.70. The van der Waals surface area contributed by atoms with Crippen molar-refractivity contribution < 1.29 is 4.55 Å². The maximum absolute atomic E-state index is 10.8. The summed E-state index contributed by atoms with van der Waals surface area (Å²) in [4.78, 5) is 0. The Bertz CT molecular complexity index is 59.4. The van der Waals surface area contributed by atoms with Crippen molar-refractivity contribution in [3.63, 3.8) is 0 Å². The lowest BCUT2D eigenvalue weighted by Gasteiger charge is -2.01. The van der Waals surface area contributed by atoms with Gasteiger partial charge in [-0.05, 0) is 19.3 Å². The first kappa shape index (κ1) is 6.78. The van der Waals surface area contributed by atoms with Gasteiger partial charge in [-0.25, -0.2) is 0 Å². The second kappa shape index (κ2) is 3.64. The van der Waals surface area contributed by atoms with Crippen molar-refractivity contribution in [1.82, 2.24) is 0 Å². The zero-order valence-corrected chi connectivity index (χ0v) is 6.39. The number of hydrogen-bond donors (Lipinski definition) is 0. The summed E-state index contributed by atoms with van der Waals surface area (Å²) in [5, 5.41) is 0. The number of rotatable bonds is 0. The fraction of sp³-hybridized carbons (Fsp3) is 1.00. The van der Waals surface area contributed by atoms with E-state index in [9.17, 15) is 4.55 Å². The Morgan fingerprint density at radius 1 is 1.25 bits per heavy atom. The van der Waals surface area contributed by atoms with Gasteiger partial charge in [-0.3, -0.25) is 0 Å². The van der Waals surface area contributed by atoms with Crippen LogP contribution >= 0.6 is 10.8 Å². The molecule has 0 N–H and O–H groups in total. The van der Waals surface area contributed by atoms with Gasteiger partial charge in [0.05, 0.1) is 10.8 Å². The molecule has 1 saturated heterocycles. The van der Waals surface area contributed by atoms with Crippen LogP contribution in [0.5, 0.6) is 0 Å². The van der Waals surface area contributed by atoms with Crippen LogP contribution in [-0.2, 0) is 10.2 Å². The molecule has 0 spiro atoms. The lowest BCUT2D eigenvalue weighted by molar-refractivity contribution is 0.606. The monoisotopic (exact) mass is 150 g/mol. The van der Waals surface area contributed by atoms with Crippen molar-refractivity contribution >= 4 is 21.0 Å². The van der Waals surface area contributed by atoms with Crippen molar-refractivity contribution in [2.24, 2.45) is 0 Å². The molecule has 0 aliphatic carbocycles. The average molecular weight is 150 g/mol. The molecule has 0 amide bonds. The quantitative estimate of drug-likeness (QED) is 0.386. The minimum atomic E-state index is -0.541. The summed E-state index contributed by atoms with van der Waals surface area (Å²) in [5.74, 6) is 2.03. The fourth-order valence-electron chi connectivity index (χ4n) is 0.710. The molecular weight excluding hydrogens is 140 g/mol. The first-order valence-electron chi connectivity index (χ1n) is 2.91. The molecule has 1 aliphatic heterocycles. The van der Waals surface area contributed by atoms with Gasteiger partial charge in [0.25, 0.3) is 0 Å². The molecule has 48 valence electrons. The predicted octanol–water partition coefficient (Wildman–Crippen LogP) is 1.57. The van der Waals surface area contributed by atoms with Gasteiger partial charge in [0.15, 0.2) is 0 Å². The van der Waals surface area contributed by atoms with E-state index in [2.05, 4.69) is 0 Å². The maximum atomic E-state index is 10.8. The van der Waals surface area contributed by atoms with Crippen LogP contribution in [0, 0.1) is 0 Å². The van der Waals surface area contributed by atoms with E-state index in [4.69, 9.17) is 0 Å². The number of hydrogen-bond acceptors (Lipinski definition) is 2. The second-order valence-electron chi connectivity index (χ2n) is 1.89. The molecule has 1 rings (SSSR count). The zero-order valence-electron chi connectivity index (χ0n) is 4.76. The van der Waals surface area contributed by atoms with Gasteiger partial charge in [0.1, 0.15) is 5.75 Å². The van der Waals surface area contributed by atoms with Gasteiger partial charge in [0.2, 0.25) is 0 Å². The normalized spacial score (nSPS) is 31.9. The van der Waals surface area contributed by atoms with Crippen LogP contribution in [0.3, 0.4) is 0 Å². The molecule has 0 bridgehead atoms. The Hall–Kier alpha value is 0.660. The van der Waals surface area contributed by atoms with Gasteiger partial charge in [0, 0.05) is 16.0 Å². The van der Waals surface area contributed by atoms with E-state index in [1.54, 1.807) is 10.8 Å². The maximum Gasteiger partial charge on any atom is 0.118 e. The third-order valence-corrected chi connectivity index (χ3v) is 4.30. The van der Waals surface area contributed by atoms with E-state index in [1.807, 2.05) is 0 Å². The minimum absolute atomic E-state index is 0.541. The van der Waals surface area contributed by atoms with Crippen molar-refractivity contribution in [1.29, 1.82) is 0 Å². The Labute approximate surface area is 56.8 Å². The Balaban J connectivity index is 2.17. The topological polar surface area (TPSA) is 23.1 Å². The molecule has 1 fully saturated rings. The zero-order chi connectivity index (χ0) is 5.82. The van der Waals surface area contributed by atoms with Crippen LogP contribution in [-0.4, -0.2) is 16.1 Å². The highest BCUT2D eigenvalue weighted by atomic mass is 33.1. The Kier molecular flexibility index (Phi) is 3.08. The molecule has 1 atom stereocenters. The first-order valence-corrected chi connectivity index (χ1v) is 5.73. The summed E-state index contributed by atoms with van der Waals surface area (Å²) < 4.78 is 10.8. The molecule has 0 saturated carbocycles. The molecule has 0 radical (unpaired) electrons. The predicted molar refractivity (Wildman–Crippen MR) is 39.3 cm³/mol. The summed E-state index contributed by atoms with van der Waals surface area (Å²) in [6.45, 7) is 0. The van der Waals surface area contributed by atoms with E-state index < -0.39 is 10.2 Å². The van der Waals surface area contributed by atoms with Gasteiger partial charge in [-0.2, -0.15) is 0 Å². The third kappa shape index (κ3) is 2.29. The van der Waals surface area contributed by atoms with Crippen LogP contribution in [0.25, 0.3) is 0 Å². The van der Waals surface area contributed by atoms with Crippen LogP contribution in [0.1, 0.15) is 19.3 Å². The van der Waals surface area contributed by atoms with E-state index >= 15 is 0 Å². The molecule has 8 heavy (non-hydrogen) atoms. The highest BCUT2D eigenvalue weighted by Gasteiger charge is 2.10. The first-order chi connectivity index (χ1) is 3.89. The van der Waals surface area contributed by atoms with E-state index in [-0.39, 0.29) is 0 Å². The lowest BCUT2D eigenvalue weighted by atomic mass is 10.3. The lowest BCUT2D eigenvalue weighted by Crippen LogP contribution is -1.97. The molecular formula is C5H10OS2. The summed E-state index contributed by atoms with van der Waals surface area (Å²) in [7, 11) is 1.07. The van der Waals surface area contributed by atoms with Gasteiger partial charge in [-0.15, -0.1) is 0 Å². The average Bonchev–Trinajstić information content (AvgIpc) is 1.94. The van der Waals surface area contributed by atoms with Crippen LogP contribution in [0.2, 0.25) is 0 Å². The van der Waals surface area contributed by atoms with E-state index in [0.717, 1.165) is 11.5 Å². The summed E-state index contributed by atoms with van der Waals surface area (Å²) in [5.41, 5.74) is 0. The Morgan fingerprint density at radius 3 is 3.00 bits per heavy atom. The molecule has 0 unspecified atom stereocenters. The molecule has 0 aromatic heterocycles. The third-order valence-electron chi connectivity index (χ3n) is 1.17. The second-order valence-corrected chi connectivity index (χ2v) is 5.37. The minimum Gasteiger partial charge on any atom is -0.605 e. The SMILES string of the molecule is [O-][S@+]1CCCCCS1. The highest BCUT2D eigenvalue weighted by Crippen LogP contribution is 2.21. The van der Waals surface area contributed by atoms with Crippen LogP contribution < -0.4 is 0 Å². The summed E-state index contributed by atoms with van der Waals surface area (Å²) in [6, 6.07) is 0. The van der Waals surface area contributed by atoms with Crippen LogP contribution in [0.4, 0.5) is 0 Å². The van der Waals surface area contributed by atoms with Crippen molar-refractivity contribution in [2.75, 3.05) is 11.5 Å². The fourth-order valence-corrected chi connectivity index (χ4v) is 3.39. The van der Waals surface area contributed by atoms with Gasteiger partial charge >= 0.3 is 0 Å². The van der Waals surface area contributed by atoms with Crippen molar-refractivity contribution in [3.8, 4) is 0 Å². The smallest absolute Gasteiger partial charge is 0.118 e. The largest absolute Gasteiger partial charge is 0.605 e. The molecule has 0 aromatic rings. The molecule has 1 heterocycles. The van der Waals surface area contributed by atoms with Crippen LogP contribution in [0.15, 0.2) is 0 Å². The highest BCUT2D eigenvalue weighted by molar-refractivity contribution is 8.72. The van der Waals surface area contributed by atoms with Gasteiger partial charge in [-0.1, -0.05) is 0 Å². The van der Waals surface area contributed by atoms with Gasteiger partial charge < -0.3 is 4.55 Å². The molecule has 1 aliphatic rings. The summed E-state index contributed by atoms with van der Waals surface area (Å²) >= 11 is 0. The molecule has 0 aromatic carbocycles. The standard InChI is InChI=1S/C5H10OS2/c6-8-5-3-1-2-4-7-8/h1-5H2/t8-/m0/s1. The van der Waals surface area contributed by atoms with Crippen molar-refractivity contribution in [2.45, 2.75) is 19.3 Å². The molecule has 1 nitrogen and oxygen atoms in total.